The molecular formula is C19H17F2N7OS. The number of thiazole rings is 1. The Balaban J connectivity index is 1.89. The molecule has 0 spiro atoms. The van der Waals surface area contributed by atoms with Crippen LogP contribution in [0.1, 0.15) is 19.5 Å². The second-order valence-electron chi connectivity index (χ2n) is 6.70. The van der Waals surface area contributed by atoms with Crippen LogP contribution in [0.3, 0.4) is 0 Å². The summed E-state index contributed by atoms with van der Waals surface area (Å²) in [5.74, 6) is -2.51. The van der Waals surface area contributed by atoms with Gasteiger partial charge in [-0.3, -0.25) is 9.48 Å². The lowest BCUT2D eigenvalue weighted by atomic mass is 10.1. The summed E-state index contributed by atoms with van der Waals surface area (Å²) in [7, 11) is 1.58. The Morgan fingerprint density at radius 2 is 2.10 bits per heavy atom. The number of carbonyl (C=O) groups excluding carboxylic acids is 1. The van der Waals surface area contributed by atoms with Crippen LogP contribution < -0.4 is 5.32 Å². The molecule has 0 aliphatic heterocycles. The van der Waals surface area contributed by atoms with Gasteiger partial charge in [-0.1, -0.05) is 0 Å². The van der Waals surface area contributed by atoms with E-state index >= 15 is 0 Å². The second kappa shape index (κ2) is 7.41. The number of halogens is 2. The molecule has 0 bridgehead atoms. The number of hydrogen-bond acceptors (Lipinski definition) is 6. The molecule has 1 amide bonds. The zero-order valence-electron chi connectivity index (χ0n) is 16.3. The summed E-state index contributed by atoms with van der Waals surface area (Å²) >= 11 is 1.29. The van der Waals surface area contributed by atoms with Gasteiger partial charge in [-0.25, -0.2) is 15.0 Å². The molecule has 0 aliphatic carbocycles. The Morgan fingerprint density at radius 1 is 1.30 bits per heavy atom. The van der Waals surface area contributed by atoms with Crippen molar-refractivity contribution in [3.8, 4) is 32.5 Å². The number of aromatic nitrogens is 6. The van der Waals surface area contributed by atoms with Crippen molar-refractivity contribution in [1.29, 1.82) is 0 Å². The molecule has 4 aromatic rings. The fraction of sp³-hybridized carbons (Fsp3) is 0.211. The van der Waals surface area contributed by atoms with Crippen LogP contribution in [0.15, 0.2) is 36.9 Å². The van der Waals surface area contributed by atoms with Crippen LogP contribution in [-0.2, 0) is 17.8 Å². The van der Waals surface area contributed by atoms with Gasteiger partial charge in [-0.05, 0) is 12.1 Å². The first kappa shape index (κ1) is 19.8. The van der Waals surface area contributed by atoms with Gasteiger partial charge in [0.05, 0.1) is 10.6 Å². The fourth-order valence-corrected chi connectivity index (χ4v) is 4.01. The first-order valence-electron chi connectivity index (χ1n) is 8.89. The van der Waals surface area contributed by atoms with E-state index in [4.69, 9.17) is 0 Å². The standard InChI is InChI=1S/C19H17F2N7OS/c1-10(29)25-13-8-11(4-5-22-13)18-26-14(15(30-18)17-23-6-7-24-17)12-9-28(3)27-16(12)19(2,20)21/h4-9H,1-3H3,(H,23,24)(H,22,25,29). The Kier molecular flexibility index (Phi) is 4.90. The number of rotatable bonds is 5. The smallest absolute Gasteiger partial charge is 0.289 e. The van der Waals surface area contributed by atoms with Gasteiger partial charge in [0, 0.05) is 56.8 Å². The van der Waals surface area contributed by atoms with Crippen LogP contribution >= 0.6 is 11.3 Å². The van der Waals surface area contributed by atoms with Crippen LogP contribution in [0.2, 0.25) is 0 Å². The Bertz CT molecular complexity index is 1210. The highest BCUT2D eigenvalue weighted by Crippen LogP contribution is 2.43. The predicted molar refractivity (Wildman–Crippen MR) is 109 cm³/mol. The lowest BCUT2D eigenvalue weighted by molar-refractivity contribution is -0.114. The van der Waals surface area contributed by atoms with E-state index in [9.17, 15) is 13.6 Å². The van der Waals surface area contributed by atoms with E-state index in [2.05, 4.69) is 30.4 Å². The number of imidazole rings is 1. The van der Waals surface area contributed by atoms with E-state index in [-0.39, 0.29) is 17.2 Å². The van der Waals surface area contributed by atoms with E-state index in [1.807, 2.05) is 0 Å². The van der Waals surface area contributed by atoms with Crippen molar-refractivity contribution >= 4 is 23.1 Å². The lowest BCUT2D eigenvalue weighted by Gasteiger charge is -2.09. The summed E-state index contributed by atoms with van der Waals surface area (Å²) < 4.78 is 29.8. The van der Waals surface area contributed by atoms with Gasteiger partial charge >= 0.3 is 0 Å². The topological polar surface area (TPSA) is 101 Å². The summed E-state index contributed by atoms with van der Waals surface area (Å²) in [5.41, 5.74) is 0.914. The summed E-state index contributed by atoms with van der Waals surface area (Å²) in [6, 6.07) is 3.41. The average Bonchev–Trinajstić information content (AvgIpc) is 3.39. The van der Waals surface area contributed by atoms with Crippen LogP contribution in [-0.4, -0.2) is 35.6 Å². The van der Waals surface area contributed by atoms with E-state index in [0.29, 0.717) is 32.8 Å². The Hall–Kier alpha value is -3.47. The molecule has 0 unspecified atom stereocenters. The van der Waals surface area contributed by atoms with Gasteiger partial charge in [0.25, 0.3) is 5.92 Å². The average molecular weight is 429 g/mol. The number of hydrogen-bond donors (Lipinski definition) is 2. The highest BCUT2D eigenvalue weighted by atomic mass is 32.1. The van der Waals surface area contributed by atoms with Crippen LogP contribution in [0.25, 0.3) is 32.5 Å². The minimum atomic E-state index is -3.14. The third-order valence-corrected chi connectivity index (χ3v) is 5.26. The van der Waals surface area contributed by atoms with Crippen molar-refractivity contribution in [3.05, 3.63) is 42.6 Å². The number of pyridine rings is 1. The molecule has 8 nitrogen and oxygen atoms in total. The van der Waals surface area contributed by atoms with Gasteiger partial charge in [-0.15, -0.1) is 11.3 Å². The molecule has 0 aromatic carbocycles. The molecule has 2 N–H and O–H groups in total. The molecule has 11 heteroatoms. The minimum absolute atomic E-state index is 0.232. The zero-order chi connectivity index (χ0) is 21.5. The Labute approximate surface area is 174 Å². The van der Waals surface area contributed by atoms with Crippen LogP contribution in [0.4, 0.5) is 14.6 Å². The molecule has 0 atom stereocenters. The maximum atomic E-state index is 14.2. The molecule has 0 fully saturated rings. The third kappa shape index (κ3) is 3.83. The van der Waals surface area contributed by atoms with Crippen LogP contribution in [0.5, 0.6) is 0 Å². The van der Waals surface area contributed by atoms with Gasteiger partial charge in [0.2, 0.25) is 5.91 Å². The van der Waals surface area contributed by atoms with Gasteiger partial charge in [0.1, 0.15) is 22.3 Å². The molecule has 4 rings (SSSR count). The van der Waals surface area contributed by atoms with Crippen molar-refractivity contribution in [2.45, 2.75) is 19.8 Å². The first-order valence-corrected chi connectivity index (χ1v) is 9.71. The van der Waals surface area contributed by atoms with Crippen molar-refractivity contribution in [1.82, 2.24) is 29.7 Å². The maximum Gasteiger partial charge on any atom is 0.289 e. The number of carbonyl (C=O) groups is 1. The van der Waals surface area contributed by atoms with Gasteiger partial charge < -0.3 is 10.3 Å². The number of amides is 1. The predicted octanol–water partition coefficient (Wildman–Crippen LogP) is 4.07. The first-order chi connectivity index (χ1) is 14.2. The normalized spacial score (nSPS) is 11.6. The highest BCUT2D eigenvalue weighted by Gasteiger charge is 2.34. The largest absolute Gasteiger partial charge is 0.344 e. The third-order valence-electron chi connectivity index (χ3n) is 4.15. The number of anilines is 1. The van der Waals surface area contributed by atoms with E-state index < -0.39 is 5.92 Å². The molecule has 0 saturated carbocycles. The van der Waals surface area contributed by atoms with E-state index in [1.54, 1.807) is 37.8 Å². The van der Waals surface area contributed by atoms with Crippen molar-refractivity contribution in [2.75, 3.05) is 5.32 Å². The highest BCUT2D eigenvalue weighted by molar-refractivity contribution is 7.18. The monoisotopic (exact) mass is 429 g/mol. The van der Waals surface area contributed by atoms with E-state index in [1.165, 1.54) is 29.1 Å². The number of nitrogens with one attached hydrogen (secondary N) is 2. The number of alkyl halides is 2. The molecule has 30 heavy (non-hydrogen) atoms. The molecule has 154 valence electrons. The van der Waals surface area contributed by atoms with Crippen molar-refractivity contribution < 1.29 is 13.6 Å². The SMILES string of the molecule is CC(=O)Nc1cc(-c2nc(-c3cn(C)nc3C(C)(F)F)c(-c3ncc[nH]3)s2)ccn1. The number of H-pyrrole nitrogens is 1. The van der Waals surface area contributed by atoms with Crippen molar-refractivity contribution in [3.63, 3.8) is 0 Å². The number of aryl methyl sites for hydroxylation is 1. The summed E-state index contributed by atoms with van der Waals surface area (Å²) in [6.45, 7) is 2.20. The molecular weight excluding hydrogens is 412 g/mol. The zero-order valence-corrected chi connectivity index (χ0v) is 17.1. The fourth-order valence-electron chi connectivity index (χ4n) is 2.97. The van der Waals surface area contributed by atoms with E-state index in [0.717, 1.165) is 6.92 Å². The molecule has 0 saturated heterocycles. The number of nitrogens with zero attached hydrogens (tertiary/aromatic N) is 5. The summed E-state index contributed by atoms with van der Waals surface area (Å²) in [5, 5.41) is 7.15. The lowest BCUT2D eigenvalue weighted by Crippen LogP contribution is -2.10. The minimum Gasteiger partial charge on any atom is -0.344 e. The summed E-state index contributed by atoms with van der Waals surface area (Å²) in [6.07, 6.45) is 6.30. The molecule has 0 aliphatic rings. The van der Waals surface area contributed by atoms with Gasteiger partial charge in [-0.2, -0.15) is 13.9 Å². The quantitative estimate of drug-likeness (QED) is 0.498. The molecule has 0 radical (unpaired) electrons. The maximum absolute atomic E-state index is 14.2. The number of aromatic amines is 1. The molecule has 4 heterocycles. The molecule has 4 aromatic heterocycles. The van der Waals surface area contributed by atoms with Crippen LogP contribution in [0, 0.1) is 0 Å². The van der Waals surface area contributed by atoms with Gasteiger partial charge in [0.15, 0.2) is 0 Å². The summed E-state index contributed by atoms with van der Waals surface area (Å²) in [4.78, 5) is 28.0. The Morgan fingerprint density at radius 3 is 2.77 bits per heavy atom. The van der Waals surface area contributed by atoms with Crippen molar-refractivity contribution in [2.24, 2.45) is 7.05 Å². The second-order valence-corrected chi connectivity index (χ2v) is 7.70.